The van der Waals surface area contributed by atoms with Crippen molar-refractivity contribution in [3.05, 3.63) is 18.2 Å². The zero-order valence-corrected chi connectivity index (χ0v) is 13.1. The van der Waals surface area contributed by atoms with E-state index in [1.165, 1.54) is 37.8 Å². The molecule has 1 aliphatic heterocycles. The van der Waals surface area contributed by atoms with Gasteiger partial charge in [0.2, 0.25) is 0 Å². The minimum absolute atomic E-state index is 0.161. The van der Waals surface area contributed by atoms with E-state index in [-0.39, 0.29) is 6.10 Å². The summed E-state index contributed by atoms with van der Waals surface area (Å²) in [6.07, 6.45) is 13.2. The smallest absolute Gasteiger partial charge is 0.111 e. The number of thioether (sulfide) groups is 1. The van der Waals surface area contributed by atoms with E-state index in [4.69, 9.17) is 4.74 Å². The van der Waals surface area contributed by atoms with Gasteiger partial charge in [-0.25, -0.2) is 4.98 Å². The molecule has 1 unspecified atom stereocenters. The Morgan fingerprint density at radius 1 is 1.45 bits per heavy atom. The topological polar surface area (TPSA) is 39.1 Å². The van der Waals surface area contributed by atoms with Gasteiger partial charge in [0.1, 0.15) is 6.10 Å². The lowest BCUT2D eigenvalue weighted by molar-refractivity contribution is 0.0224. The number of imidazole rings is 1. The van der Waals surface area contributed by atoms with E-state index >= 15 is 0 Å². The molecule has 0 aromatic carbocycles. The summed E-state index contributed by atoms with van der Waals surface area (Å²) in [7, 11) is 0. The summed E-state index contributed by atoms with van der Waals surface area (Å²) in [6, 6.07) is 0. The molecular weight excluding hydrogens is 270 g/mol. The van der Waals surface area contributed by atoms with E-state index in [0.717, 1.165) is 26.2 Å². The lowest BCUT2D eigenvalue weighted by atomic mass is 9.88. The molecule has 1 saturated carbocycles. The number of aromatic nitrogens is 2. The Balaban J connectivity index is 1.75. The van der Waals surface area contributed by atoms with Crippen LogP contribution in [0.2, 0.25) is 0 Å². The fourth-order valence-electron chi connectivity index (χ4n) is 3.42. The van der Waals surface area contributed by atoms with Gasteiger partial charge in [-0.2, -0.15) is 11.8 Å². The van der Waals surface area contributed by atoms with E-state index in [1.807, 2.05) is 24.3 Å². The molecule has 2 aliphatic rings. The number of morpholine rings is 1. The molecule has 1 saturated heterocycles. The van der Waals surface area contributed by atoms with Crippen LogP contribution in [-0.2, 0) is 11.3 Å². The molecule has 3 rings (SSSR count). The van der Waals surface area contributed by atoms with Crippen LogP contribution in [0, 0.1) is 0 Å². The van der Waals surface area contributed by atoms with Gasteiger partial charge in [0.15, 0.2) is 0 Å². The van der Waals surface area contributed by atoms with E-state index in [1.54, 1.807) is 0 Å². The van der Waals surface area contributed by atoms with Crippen LogP contribution in [0.3, 0.4) is 0 Å². The maximum absolute atomic E-state index is 5.89. The average Bonchev–Trinajstić information content (AvgIpc) is 2.97. The van der Waals surface area contributed by atoms with Gasteiger partial charge in [-0.3, -0.25) is 0 Å². The molecule has 1 aliphatic carbocycles. The molecular formula is C15H25N3OS. The van der Waals surface area contributed by atoms with Gasteiger partial charge in [0, 0.05) is 24.4 Å². The standard InChI is InChI=1S/C15H25N3OS/c1-20-15(5-3-2-4-6-15)11-18-12-17-9-13(18)14-10-16-7-8-19-14/h9,12,14,16H,2-8,10-11H2,1H3. The fraction of sp³-hybridized carbons (Fsp3) is 0.800. The van der Waals surface area contributed by atoms with Gasteiger partial charge in [0.25, 0.3) is 0 Å². The monoisotopic (exact) mass is 295 g/mol. The van der Waals surface area contributed by atoms with Crippen LogP contribution in [0.5, 0.6) is 0 Å². The van der Waals surface area contributed by atoms with Crippen molar-refractivity contribution in [1.29, 1.82) is 0 Å². The number of hydrogen-bond acceptors (Lipinski definition) is 4. The molecule has 0 bridgehead atoms. The zero-order valence-electron chi connectivity index (χ0n) is 12.3. The van der Waals surface area contributed by atoms with Crippen LogP contribution in [0.4, 0.5) is 0 Å². The van der Waals surface area contributed by atoms with Crippen molar-refractivity contribution in [2.45, 2.75) is 49.5 Å². The van der Waals surface area contributed by atoms with Crippen molar-refractivity contribution < 1.29 is 4.74 Å². The van der Waals surface area contributed by atoms with Crippen LogP contribution >= 0.6 is 11.8 Å². The third-order valence-electron chi connectivity index (χ3n) is 4.66. The van der Waals surface area contributed by atoms with Gasteiger partial charge in [0.05, 0.1) is 24.8 Å². The van der Waals surface area contributed by atoms with Gasteiger partial charge >= 0.3 is 0 Å². The van der Waals surface area contributed by atoms with Crippen LogP contribution in [0.15, 0.2) is 12.5 Å². The maximum atomic E-state index is 5.89. The number of nitrogens with zero attached hydrogens (tertiary/aromatic N) is 2. The number of nitrogens with one attached hydrogen (secondary N) is 1. The first kappa shape index (κ1) is 14.4. The Labute approximate surface area is 125 Å². The lowest BCUT2D eigenvalue weighted by Gasteiger charge is -2.37. The minimum Gasteiger partial charge on any atom is -0.369 e. The lowest BCUT2D eigenvalue weighted by Crippen LogP contribution is -2.37. The summed E-state index contributed by atoms with van der Waals surface area (Å²) in [5.41, 5.74) is 1.23. The number of rotatable bonds is 4. The van der Waals surface area contributed by atoms with Crippen LogP contribution < -0.4 is 5.32 Å². The van der Waals surface area contributed by atoms with Crippen molar-refractivity contribution in [3.63, 3.8) is 0 Å². The van der Waals surface area contributed by atoms with E-state index in [2.05, 4.69) is 21.1 Å². The highest BCUT2D eigenvalue weighted by molar-refractivity contribution is 8.00. The van der Waals surface area contributed by atoms with Crippen molar-refractivity contribution in [3.8, 4) is 0 Å². The molecule has 1 aromatic heterocycles. The molecule has 1 atom stereocenters. The Hall–Kier alpha value is -0.520. The third-order valence-corrected chi connectivity index (χ3v) is 6.06. The largest absolute Gasteiger partial charge is 0.369 e. The van der Waals surface area contributed by atoms with Crippen molar-refractivity contribution >= 4 is 11.8 Å². The van der Waals surface area contributed by atoms with Crippen molar-refractivity contribution in [2.75, 3.05) is 26.0 Å². The predicted molar refractivity (Wildman–Crippen MR) is 83.1 cm³/mol. The highest BCUT2D eigenvalue weighted by atomic mass is 32.2. The van der Waals surface area contributed by atoms with Gasteiger partial charge in [-0.1, -0.05) is 19.3 Å². The molecule has 112 valence electrons. The van der Waals surface area contributed by atoms with Crippen molar-refractivity contribution in [1.82, 2.24) is 14.9 Å². The highest BCUT2D eigenvalue weighted by Gasteiger charge is 2.33. The molecule has 4 nitrogen and oxygen atoms in total. The quantitative estimate of drug-likeness (QED) is 0.927. The van der Waals surface area contributed by atoms with E-state index in [0.29, 0.717) is 4.75 Å². The second-order valence-corrected chi connectivity index (χ2v) is 7.23. The summed E-state index contributed by atoms with van der Waals surface area (Å²) in [5, 5.41) is 3.41. The maximum Gasteiger partial charge on any atom is 0.111 e. The SMILES string of the molecule is CSC1(Cn2cncc2C2CNCCO2)CCCCC1. The molecule has 0 radical (unpaired) electrons. The molecule has 5 heteroatoms. The van der Waals surface area contributed by atoms with E-state index in [9.17, 15) is 0 Å². The fourth-order valence-corrected chi connectivity index (χ4v) is 4.39. The molecule has 0 spiro atoms. The highest BCUT2D eigenvalue weighted by Crippen LogP contribution is 2.40. The third kappa shape index (κ3) is 3.05. The van der Waals surface area contributed by atoms with Crippen LogP contribution in [-0.4, -0.2) is 40.3 Å². The second-order valence-electron chi connectivity index (χ2n) is 5.96. The average molecular weight is 295 g/mol. The molecule has 0 amide bonds. The summed E-state index contributed by atoms with van der Waals surface area (Å²) in [6.45, 7) is 3.73. The molecule has 2 heterocycles. The van der Waals surface area contributed by atoms with Gasteiger partial charge < -0.3 is 14.6 Å². The summed E-state index contributed by atoms with van der Waals surface area (Å²) in [4.78, 5) is 4.37. The molecule has 2 fully saturated rings. The molecule has 1 N–H and O–H groups in total. The first-order chi connectivity index (χ1) is 9.83. The molecule has 20 heavy (non-hydrogen) atoms. The Morgan fingerprint density at radius 2 is 2.30 bits per heavy atom. The Bertz CT molecular complexity index is 423. The van der Waals surface area contributed by atoms with E-state index < -0.39 is 0 Å². The summed E-state index contributed by atoms with van der Waals surface area (Å²) < 4.78 is 8.62. The Morgan fingerprint density at radius 3 is 3.00 bits per heavy atom. The van der Waals surface area contributed by atoms with Crippen LogP contribution in [0.25, 0.3) is 0 Å². The first-order valence-corrected chi connectivity index (χ1v) is 8.93. The minimum atomic E-state index is 0.161. The molecule has 1 aromatic rings. The zero-order chi connectivity index (χ0) is 13.8. The predicted octanol–water partition coefficient (Wildman–Crippen LogP) is 2.61. The van der Waals surface area contributed by atoms with Crippen molar-refractivity contribution in [2.24, 2.45) is 0 Å². The first-order valence-electron chi connectivity index (χ1n) is 7.70. The summed E-state index contributed by atoms with van der Waals surface area (Å²) in [5.74, 6) is 0. The number of hydrogen-bond donors (Lipinski definition) is 1. The second kappa shape index (κ2) is 6.50. The Kier molecular flexibility index (Phi) is 4.68. The summed E-state index contributed by atoms with van der Waals surface area (Å²) >= 11 is 2.04. The van der Waals surface area contributed by atoms with Gasteiger partial charge in [-0.05, 0) is 19.1 Å². The van der Waals surface area contributed by atoms with Crippen LogP contribution in [0.1, 0.15) is 43.9 Å². The van der Waals surface area contributed by atoms with Gasteiger partial charge in [-0.15, -0.1) is 0 Å². The normalized spacial score (nSPS) is 26.6. The number of ether oxygens (including phenoxy) is 1.